The Hall–Kier alpha value is -0.890. The lowest BCUT2D eigenvalue weighted by molar-refractivity contribution is -0.413. The second kappa shape index (κ2) is 7.11. The van der Waals surface area contributed by atoms with Crippen LogP contribution in [0.5, 0.6) is 0 Å². The van der Waals surface area contributed by atoms with Crippen molar-refractivity contribution in [1.29, 1.82) is 0 Å². The number of nitrogens with two attached hydrogens (primary N) is 1. The molecule has 2 heteroatoms. The van der Waals surface area contributed by atoms with Crippen LogP contribution in [0.25, 0.3) is 0 Å². The second-order valence-corrected chi connectivity index (χ2v) is 1.50. The first-order chi connectivity index (χ1) is 4.41. The van der Waals surface area contributed by atoms with Gasteiger partial charge in [-0.3, -0.25) is 4.99 Å². The van der Waals surface area contributed by atoms with Crippen molar-refractivity contribution in [3.05, 3.63) is 24.3 Å². The minimum absolute atomic E-state index is 0.601. The topological polar surface area (TPSA) is 40.0 Å². The molecule has 0 spiro atoms. The molecular weight excluding hydrogens is 112 g/mol. The zero-order chi connectivity index (χ0) is 6.95. The third-order valence-corrected chi connectivity index (χ3v) is 0.757. The highest BCUT2D eigenvalue weighted by Gasteiger charge is 1.63. The summed E-state index contributed by atoms with van der Waals surface area (Å²) in [6.45, 7) is 0.601. The predicted molar refractivity (Wildman–Crippen MR) is 40.3 cm³/mol. The zero-order valence-corrected chi connectivity index (χ0v) is 5.67. The summed E-state index contributed by atoms with van der Waals surface area (Å²) in [5.41, 5.74) is 5.20. The van der Waals surface area contributed by atoms with E-state index in [-0.39, 0.29) is 0 Å². The number of hydrogen-bond donors (Lipinski definition) is 2. The summed E-state index contributed by atoms with van der Waals surface area (Å²) in [6, 6.07) is 0. The first-order valence-corrected chi connectivity index (χ1v) is 2.94. The molecule has 0 aromatic rings. The van der Waals surface area contributed by atoms with Crippen LogP contribution >= 0.6 is 0 Å². The van der Waals surface area contributed by atoms with Crippen molar-refractivity contribution in [2.45, 2.75) is 0 Å². The molecule has 9 heavy (non-hydrogen) atoms. The molecule has 0 amide bonds. The average molecular weight is 125 g/mol. The van der Waals surface area contributed by atoms with Gasteiger partial charge in [0.1, 0.15) is 7.05 Å². The lowest BCUT2D eigenvalue weighted by atomic mass is 10.4. The molecule has 0 rings (SSSR count). The lowest BCUT2D eigenvalue weighted by Gasteiger charge is -1.71. The Morgan fingerprint density at radius 3 is 2.67 bits per heavy atom. The molecule has 0 saturated carbocycles. The normalized spacial score (nSPS) is 12.7. The van der Waals surface area contributed by atoms with Crippen LogP contribution in [0.1, 0.15) is 0 Å². The standard InChI is InChI=1S/C7H12N2/c1-9-7-5-3-2-4-6-8/h2-5,7H,6,8H2,1H3/p+1/b4-2+,5-3-,9-7?. The second-order valence-electron chi connectivity index (χ2n) is 1.50. The molecule has 3 N–H and O–H groups in total. The van der Waals surface area contributed by atoms with Gasteiger partial charge in [0.25, 0.3) is 0 Å². The van der Waals surface area contributed by atoms with Crippen molar-refractivity contribution < 1.29 is 4.99 Å². The Morgan fingerprint density at radius 1 is 1.33 bits per heavy atom. The summed E-state index contributed by atoms with van der Waals surface area (Å²) in [5.74, 6) is 0. The molecule has 0 fully saturated rings. The highest BCUT2D eigenvalue weighted by Crippen LogP contribution is 1.70. The summed E-state index contributed by atoms with van der Waals surface area (Å²) in [6.07, 6.45) is 9.48. The molecule has 0 bridgehead atoms. The highest BCUT2D eigenvalue weighted by atomic mass is 14.6. The first-order valence-electron chi connectivity index (χ1n) is 2.94. The Bertz CT molecular complexity index is 123. The Balaban J connectivity index is 3.35. The lowest BCUT2D eigenvalue weighted by Crippen LogP contribution is -2.62. The minimum Gasteiger partial charge on any atom is -0.327 e. The maximum absolute atomic E-state index is 5.20. The molecule has 50 valence electrons. The van der Waals surface area contributed by atoms with Crippen LogP contribution in [0.3, 0.4) is 0 Å². The van der Waals surface area contributed by atoms with Gasteiger partial charge in [-0.25, -0.2) is 0 Å². The van der Waals surface area contributed by atoms with Gasteiger partial charge in [0, 0.05) is 12.6 Å². The number of allylic oxidation sites excluding steroid dienone is 3. The van der Waals surface area contributed by atoms with E-state index in [2.05, 4.69) is 4.99 Å². The number of hydrogen-bond acceptors (Lipinski definition) is 1. The first kappa shape index (κ1) is 8.11. The van der Waals surface area contributed by atoms with E-state index in [1.54, 1.807) is 0 Å². The monoisotopic (exact) mass is 125 g/mol. The molecule has 0 unspecified atom stereocenters. The molecule has 0 saturated heterocycles. The van der Waals surface area contributed by atoms with E-state index in [9.17, 15) is 0 Å². The molecule has 0 aliphatic heterocycles. The van der Waals surface area contributed by atoms with Crippen molar-refractivity contribution in [2.24, 2.45) is 5.73 Å². The van der Waals surface area contributed by atoms with E-state index in [0.717, 1.165) is 0 Å². The SMILES string of the molecule is C[NH+]=C/C=C\C=C\CN. The van der Waals surface area contributed by atoms with Gasteiger partial charge < -0.3 is 5.73 Å². The Labute approximate surface area is 55.8 Å². The van der Waals surface area contributed by atoms with Crippen LogP contribution in [0.4, 0.5) is 0 Å². The number of rotatable bonds is 3. The van der Waals surface area contributed by atoms with Crippen LogP contribution in [0, 0.1) is 0 Å². The smallest absolute Gasteiger partial charge is 0.161 e. The van der Waals surface area contributed by atoms with E-state index in [1.165, 1.54) is 0 Å². The summed E-state index contributed by atoms with van der Waals surface area (Å²) >= 11 is 0. The van der Waals surface area contributed by atoms with Crippen molar-refractivity contribution in [2.75, 3.05) is 13.6 Å². The Morgan fingerprint density at radius 2 is 2.11 bits per heavy atom. The summed E-state index contributed by atoms with van der Waals surface area (Å²) in [7, 11) is 1.86. The van der Waals surface area contributed by atoms with E-state index in [1.807, 2.05) is 37.6 Å². The van der Waals surface area contributed by atoms with Gasteiger partial charge >= 0.3 is 0 Å². The van der Waals surface area contributed by atoms with E-state index in [4.69, 9.17) is 5.73 Å². The predicted octanol–water partition coefficient (Wildman–Crippen LogP) is -1.16. The maximum Gasteiger partial charge on any atom is 0.161 e. The van der Waals surface area contributed by atoms with Gasteiger partial charge in [-0.2, -0.15) is 0 Å². The van der Waals surface area contributed by atoms with E-state index in [0.29, 0.717) is 6.54 Å². The van der Waals surface area contributed by atoms with Crippen LogP contribution in [0.15, 0.2) is 24.3 Å². The fourth-order valence-electron chi connectivity index (χ4n) is 0.373. The third kappa shape index (κ3) is 7.11. The summed E-state index contributed by atoms with van der Waals surface area (Å²) in [5, 5.41) is 0. The third-order valence-electron chi connectivity index (χ3n) is 0.757. The Kier molecular flexibility index (Phi) is 6.41. The molecular formula is C7H13N2+. The highest BCUT2D eigenvalue weighted by molar-refractivity contribution is 5.65. The van der Waals surface area contributed by atoms with E-state index < -0.39 is 0 Å². The molecule has 0 radical (unpaired) electrons. The fraction of sp³-hybridized carbons (Fsp3) is 0.286. The molecule has 0 aliphatic rings. The van der Waals surface area contributed by atoms with Crippen molar-refractivity contribution in [1.82, 2.24) is 0 Å². The summed E-state index contributed by atoms with van der Waals surface area (Å²) in [4.78, 5) is 2.87. The van der Waals surface area contributed by atoms with Gasteiger partial charge in [-0.15, -0.1) is 0 Å². The van der Waals surface area contributed by atoms with Gasteiger partial charge in [0.05, 0.1) is 0 Å². The largest absolute Gasteiger partial charge is 0.327 e. The van der Waals surface area contributed by atoms with Gasteiger partial charge in [0.2, 0.25) is 0 Å². The van der Waals surface area contributed by atoms with Crippen LogP contribution < -0.4 is 10.7 Å². The summed E-state index contributed by atoms with van der Waals surface area (Å²) < 4.78 is 0. The molecule has 0 heterocycles. The van der Waals surface area contributed by atoms with Gasteiger partial charge in [-0.05, 0) is 0 Å². The quantitative estimate of drug-likeness (QED) is 0.362. The van der Waals surface area contributed by atoms with Crippen LogP contribution in [-0.2, 0) is 0 Å². The molecule has 0 aromatic carbocycles. The molecule has 2 nitrogen and oxygen atoms in total. The molecule has 0 aromatic heterocycles. The van der Waals surface area contributed by atoms with Crippen LogP contribution in [0.2, 0.25) is 0 Å². The molecule has 0 aliphatic carbocycles. The van der Waals surface area contributed by atoms with Crippen molar-refractivity contribution in [3.8, 4) is 0 Å². The van der Waals surface area contributed by atoms with Gasteiger partial charge in [-0.1, -0.05) is 18.2 Å². The average Bonchev–Trinajstić information content (AvgIpc) is 1.89. The van der Waals surface area contributed by atoms with Crippen molar-refractivity contribution in [3.63, 3.8) is 0 Å². The fourth-order valence-corrected chi connectivity index (χ4v) is 0.373. The van der Waals surface area contributed by atoms with Crippen molar-refractivity contribution >= 4 is 6.21 Å². The maximum atomic E-state index is 5.20. The van der Waals surface area contributed by atoms with Gasteiger partial charge in [0.15, 0.2) is 6.21 Å². The zero-order valence-electron chi connectivity index (χ0n) is 5.67. The van der Waals surface area contributed by atoms with E-state index >= 15 is 0 Å². The number of nitrogens with one attached hydrogen (secondary N) is 1. The minimum atomic E-state index is 0.601. The molecule has 0 atom stereocenters. The van der Waals surface area contributed by atoms with Crippen LogP contribution in [-0.4, -0.2) is 19.8 Å².